The molecule has 1 heterocycles. The summed E-state index contributed by atoms with van der Waals surface area (Å²) < 4.78 is 15.9. The first kappa shape index (κ1) is 22.9. The molecule has 168 valence electrons. The molecule has 2 aromatic carbocycles. The van der Waals surface area contributed by atoms with E-state index in [1.807, 2.05) is 30.3 Å². The van der Waals surface area contributed by atoms with Gasteiger partial charge in [-0.1, -0.05) is 12.1 Å². The minimum absolute atomic E-state index is 0.0881. The maximum absolute atomic E-state index is 12.4. The second kappa shape index (κ2) is 11.6. The van der Waals surface area contributed by atoms with E-state index in [0.717, 1.165) is 48.9 Å². The highest BCUT2D eigenvalue weighted by atomic mass is 16.5. The number of benzene rings is 2. The minimum atomic E-state index is 0.0881. The number of ether oxygens (including phenoxy) is 3. The second-order valence-electron chi connectivity index (χ2n) is 8.08. The lowest BCUT2D eigenvalue weighted by molar-refractivity contribution is -0.121. The van der Waals surface area contributed by atoms with Crippen molar-refractivity contribution in [1.82, 2.24) is 10.2 Å². The maximum atomic E-state index is 12.4. The van der Waals surface area contributed by atoms with Crippen molar-refractivity contribution >= 4 is 5.91 Å². The molecule has 1 amide bonds. The van der Waals surface area contributed by atoms with Gasteiger partial charge < -0.3 is 19.5 Å². The van der Waals surface area contributed by atoms with E-state index in [1.165, 1.54) is 18.4 Å². The van der Waals surface area contributed by atoms with Crippen LogP contribution in [0.15, 0.2) is 42.5 Å². The third-order valence-corrected chi connectivity index (χ3v) is 5.92. The van der Waals surface area contributed by atoms with Gasteiger partial charge in [0.05, 0.1) is 21.3 Å². The molecule has 3 rings (SSSR count). The van der Waals surface area contributed by atoms with Crippen LogP contribution in [0.3, 0.4) is 0 Å². The Morgan fingerprint density at radius 3 is 2.48 bits per heavy atom. The minimum Gasteiger partial charge on any atom is -0.497 e. The van der Waals surface area contributed by atoms with Gasteiger partial charge in [-0.05, 0) is 61.6 Å². The van der Waals surface area contributed by atoms with Gasteiger partial charge >= 0.3 is 0 Å². The molecule has 0 bridgehead atoms. The summed E-state index contributed by atoms with van der Waals surface area (Å²) in [5.41, 5.74) is 2.24. The lowest BCUT2D eigenvalue weighted by Crippen LogP contribution is -2.35. The molecule has 0 aromatic heterocycles. The van der Waals surface area contributed by atoms with Crippen LogP contribution in [0.4, 0.5) is 0 Å². The number of carbonyl (C=O) groups excluding carboxylic acids is 1. The molecule has 6 nitrogen and oxygen atoms in total. The Labute approximate surface area is 185 Å². The Morgan fingerprint density at radius 2 is 1.77 bits per heavy atom. The molecule has 0 unspecified atom stereocenters. The molecule has 1 N–H and O–H groups in total. The normalized spacial score (nSPS) is 16.5. The third-order valence-electron chi connectivity index (χ3n) is 5.92. The molecule has 1 saturated heterocycles. The number of methoxy groups -OCH3 is 3. The number of nitrogens with one attached hydrogen (secondary N) is 1. The summed E-state index contributed by atoms with van der Waals surface area (Å²) in [5.74, 6) is 3.00. The van der Waals surface area contributed by atoms with Gasteiger partial charge in [-0.3, -0.25) is 9.69 Å². The standard InChI is InChI=1S/C25H34N2O4/c1-29-22-10-6-20(7-11-22)18-27-14-4-5-19(17-27)8-13-25(28)26-16-21-9-12-23(30-2)15-24(21)31-3/h6-7,9-12,15,19H,4-5,8,13-14,16-18H2,1-3H3,(H,26,28)/t19-/m1/s1. The highest BCUT2D eigenvalue weighted by Crippen LogP contribution is 2.25. The molecule has 1 aliphatic rings. The van der Waals surface area contributed by atoms with Crippen molar-refractivity contribution in [3.63, 3.8) is 0 Å². The van der Waals surface area contributed by atoms with E-state index in [1.54, 1.807) is 21.3 Å². The van der Waals surface area contributed by atoms with Crippen molar-refractivity contribution < 1.29 is 19.0 Å². The van der Waals surface area contributed by atoms with Crippen LogP contribution in [0.1, 0.15) is 36.8 Å². The number of hydrogen-bond acceptors (Lipinski definition) is 5. The van der Waals surface area contributed by atoms with Crippen LogP contribution in [0.2, 0.25) is 0 Å². The van der Waals surface area contributed by atoms with E-state index in [2.05, 4.69) is 22.3 Å². The number of likely N-dealkylation sites (tertiary alicyclic amines) is 1. The molecule has 2 aromatic rings. The third kappa shape index (κ3) is 6.89. The zero-order valence-electron chi connectivity index (χ0n) is 18.9. The SMILES string of the molecule is COc1ccc(CN2CCC[C@H](CCC(=O)NCc3ccc(OC)cc3OC)C2)cc1. The topological polar surface area (TPSA) is 60.0 Å². The molecule has 6 heteroatoms. The second-order valence-corrected chi connectivity index (χ2v) is 8.08. The Balaban J connectivity index is 1.42. The van der Waals surface area contributed by atoms with E-state index in [9.17, 15) is 4.79 Å². The van der Waals surface area contributed by atoms with Crippen LogP contribution in [-0.4, -0.2) is 45.2 Å². The van der Waals surface area contributed by atoms with E-state index in [-0.39, 0.29) is 5.91 Å². The van der Waals surface area contributed by atoms with Gasteiger partial charge in [0.15, 0.2) is 0 Å². The first-order chi connectivity index (χ1) is 15.1. The molecule has 1 atom stereocenters. The van der Waals surface area contributed by atoms with Gasteiger partial charge in [-0.15, -0.1) is 0 Å². The van der Waals surface area contributed by atoms with Gasteiger partial charge in [-0.25, -0.2) is 0 Å². The summed E-state index contributed by atoms with van der Waals surface area (Å²) >= 11 is 0. The van der Waals surface area contributed by atoms with E-state index in [0.29, 0.717) is 18.9 Å². The van der Waals surface area contributed by atoms with E-state index >= 15 is 0 Å². The number of rotatable bonds is 10. The van der Waals surface area contributed by atoms with Crippen molar-refractivity contribution in [2.24, 2.45) is 5.92 Å². The number of carbonyl (C=O) groups is 1. The highest BCUT2D eigenvalue weighted by Gasteiger charge is 2.21. The van der Waals surface area contributed by atoms with Crippen LogP contribution >= 0.6 is 0 Å². The lowest BCUT2D eigenvalue weighted by Gasteiger charge is -2.32. The predicted octanol–water partition coefficient (Wildman–Crippen LogP) is 4.02. The number of hydrogen-bond donors (Lipinski definition) is 1. The fraction of sp³-hybridized carbons (Fsp3) is 0.480. The van der Waals surface area contributed by atoms with Gasteiger partial charge in [-0.2, -0.15) is 0 Å². The first-order valence-corrected chi connectivity index (χ1v) is 10.9. The van der Waals surface area contributed by atoms with Gasteiger partial charge in [0.1, 0.15) is 17.2 Å². The molecule has 1 aliphatic heterocycles. The molecular formula is C25H34N2O4. The molecule has 0 radical (unpaired) electrons. The largest absolute Gasteiger partial charge is 0.497 e. The smallest absolute Gasteiger partial charge is 0.220 e. The van der Waals surface area contributed by atoms with E-state index < -0.39 is 0 Å². The zero-order chi connectivity index (χ0) is 22.1. The maximum Gasteiger partial charge on any atom is 0.220 e. The van der Waals surface area contributed by atoms with Gasteiger partial charge in [0.25, 0.3) is 0 Å². The predicted molar refractivity (Wildman–Crippen MR) is 122 cm³/mol. The van der Waals surface area contributed by atoms with E-state index in [4.69, 9.17) is 14.2 Å². The molecule has 0 saturated carbocycles. The quantitative estimate of drug-likeness (QED) is 0.622. The zero-order valence-corrected chi connectivity index (χ0v) is 18.9. The molecular weight excluding hydrogens is 392 g/mol. The fourth-order valence-electron chi connectivity index (χ4n) is 4.13. The van der Waals surface area contributed by atoms with Gasteiger partial charge in [0.2, 0.25) is 5.91 Å². The lowest BCUT2D eigenvalue weighted by atomic mass is 9.93. The molecule has 0 aliphatic carbocycles. The Bertz CT molecular complexity index is 838. The summed E-state index contributed by atoms with van der Waals surface area (Å²) in [5, 5.41) is 3.03. The van der Waals surface area contributed by atoms with Crippen LogP contribution in [0.5, 0.6) is 17.2 Å². The summed E-state index contributed by atoms with van der Waals surface area (Å²) in [4.78, 5) is 14.9. The molecule has 31 heavy (non-hydrogen) atoms. The fourth-order valence-corrected chi connectivity index (χ4v) is 4.13. The number of nitrogens with zero attached hydrogens (tertiary/aromatic N) is 1. The number of piperidine rings is 1. The number of amides is 1. The Kier molecular flexibility index (Phi) is 8.59. The summed E-state index contributed by atoms with van der Waals surface area (Å²) in [6, 6.07) is 13.9. The van der Waals surface area contributed by atoms with Crippen molar-refractivity contribution in [3.8, 4) is 17.2 Å². The van der Waals surface area contributed by atoms with Crippen LogP contribution in [-0.2, 0) is 17.9 Å². The Morgan fingerprint density at radius 1 is 1.03 bits per heavy atom. The average Bonchev–Trinajstić information content (AvgIpc) is 2.82. The van der Waals surface area contributed by atoms with Gasteiger partial charge in [0, 0.05) is 37.7 Å². The van der Waals surface area contributed by atoms with Crippen LogP contribution in [0.25, 0.3) is 0 Å². The van der Waals surface area contributed by atoms with Crippen molar-refractivity contribution in [2.75, 3.05) is 34.4 Å². The molecule has 0 spiro atoms. The van der Waals surface area contributed by atoms with Crippen molar-refractivity contribution in [1.29, 1.82) is 0 Å². The summed E-state index contributed by atoms with van der Waals surface area (Å²) in [6.45, 7) is 3.57. The summed E-state index contributed by atoms with van der Waals surface area (Å²) in [7, 11) is 4.94. The van der Waals surface area contributed by atoms with Crippen molar-refractivity contribution in [3.05, 3.63) is 53.6 Å². The molecule has 1 fully saturated rings. The first-order valence-electron chi connectivity index (χ1n) is 10.9. The van der Waals surface area contributed by atoms with Crippen LogP contribution in [0, 0.1) is 5.92 Å². The summed E-state index contributed by atoms with van der Waals surface area (Å²) in [6.07, 6.45) is 3.86. The highest BCUT2D eigenvalue weighted by molar-refractivity contribution is 5.75. The monoisotopic (exact) mass is 426 g/mol. The Hall–Kier alpha value is -2.73. The average molecular weight is 427 g/mol. The van der Waals surface area contributed by atoms with Crippen LogP contribution < -0.4 is 19.5 Å². The van der Waals surface area contributed by atoms with Crippen molar-refractivity contribution in [2.45, 2.75) is 38.8 Å².